The summed E-state index contributed by atoms with van der Waals surface area (Å²) in [6, 6.07) is 4.26. The molecule has 108 valence electrons. The Kier molecular flexibility index (Phi) is 5.68. The molecule has 1 atom stereocenters. The standard InChI is InChI=1S/C15H24BrNO2/c1-7-15(2,3)14(17-4)10-8-9-11(18-5)12(16)13(10)19-6/h8-9,14,17H,7H2,1-6H3. The van der Waals surface area contributed by atoms with Gasteiger partial charge >= 0.3 is 0 Å². The predicted molar refractivity (Wildman–Crippen MR) is 83.1 cm³/mol. The second-order valence-electron chi connectivity index (χ2n) is 5.27. The van der Waals surface area contributed by atoms with Crippen molar-refractivity contribution in [2.24, 2.45) is 5.41 Å². The summed E-state index contributed by atoms with van der Waals surface area (Å²) in [5.74, 6) is 1.62. The molecule has 1 rings (SSSR count). The van der Waals surface area contributed by atoms with Gasteiger partial charge in [-0.25, -0.2) is 0 Å². The highest BCUT2D eigenvalue weighted by Crippen LogP contribution is 2.45. The van der Waals surface area contributed by atoms with Gasteiger partial charge in [0.15, 0.2) is 0 Å². The van der Waals surface area contributed by atoms with Crippen LogP contribution in [0, 0.1) is 5.41 Å². The number of rotatable bonds is 6. The summed E-state index contributed by atoms with van der Waals surface area (Å²) in [6.07, 6.45) is 1.07. The molecule has 4 heteroatoms. The summed E-state index contributed by atoms with van der Waals surface area (Å²) >= 11 is 3.56. The first-order valence-corrected chi connectivity index (χ1v) is 7.29. The quantitative estimate of drug-likeness (QED) is 0.849. The molecule has 0 aliphatic carbocycles. The van der Waals surface area contributed by atoms with Crippen LogP contribution in [0.2, 0.25) is 0 Å². The van der Waals surface area contributed by atoms with E-state index < -0.39 is 0 Å². The maximum atomic E-state index is 5.57. The van der Waals surface area contributed by atoms with Crippen LogP contribution in [0.15, 0.2) is 16.6 Å². The highest BCUT2D eigenvalue weighted by molar-refractivity contribution is 9.10. The minimum absolute atomic E-state index is 0.135. The number of benzene rings is 1. The van der Waals surface area contributed by atoms with Gasteiger partial charge in [0.25, 0.3) is 0 Å². The van der Waals surface area contributed by atoms with E-state index in [-0.39, 0.29) is 11.5 Å². The first kappa shape index (κ1) is 16.3. The molecule has 0 saturated heterocycles. The van der Waals surface area contributed by atoms with Crippen LogP contribution in [0.1, 0.15) is 38.8 Å². The van der Waals surface area contributed by atoms with Gasteiger partial charge in [-0.15, -0.1) is 0 Å². The van der Waals surface area contributed by atoms with Crippen molar-refractivity contribution in [3.05, 3.63) is 22.2 Å². The van der Waals surface area contributed by atoms with Gasteiger partial charge in [-0.2, -0.15) is 0 Å². The third-order valence-electron chi connectivity index (χ3n) is 3.81. The lowest BCUT2D eigenvalue weighted by atomic mass is 9.78. The number of hydrogen-bond donors (Lipinski definition) is 1. The highest BCUT2D eigenvalue weighted by Gasteiger charge is 2.31. The van der Waals surface area contributed by atoms with Gasteiger partial charge < -0.3 is 14.8 Å². The van der Waals surface area contributed by atoms with E-state index in [9.17, 15) is 0 Å². The zero-order chi connectivity index (χ0) is 14.6. The van der Waals surface area contributed by atoms with E-state index in [0.717, 1.165) is 28.0 Å². The molecule has 0 fully saturated rings. The molecule has 0 bridgehead atoms. The smallest absolute Gasteiger partial charge is 0.141 e. The zero-order valence-corrected chi connectivity index (χ0v) is 14.2. The number of nitrogens with one attached hydrogen (secondary N) is 1. The van der Waals surface area contributed by atoms with Gasteiger partial charge in [0.05, 0.1) is 14.2 Å². The second kappa shape index (κ2) is 6.62. The van der Waals surface area contributed by atoms with Crippen molar-refractivity contribution in [2.75, 3.05) is 21.3 Å². The van der Waals surface area contributed by atoms with Crippen molar-refractivity contribution in [1.29, 1.82) is 0 Å². The molecule has 0 heterocycles. The molecule has 0 aliphatic heterocycles. The van der Waals surface area contributed by atoms with E-state index in [0.29, 0.717) is 0 Å². The molecular formula is C15H24BrNO2. The van der Waals surface area contributed by atoms with Crippen LogP contribution in [0.5, 0.6) is 11.5 Å². The molecule has 1 aromatic rings. The zero-order valence-electron chi connectivity index (χ0n) is 12.6. The first-order valence-electron chi connectivity index (χ1n) is 6.50. The molecule has 0 amide bonds. The van der Waals surface area contributed by atoms with Crippen molar-refractivity contribution >= 4 is 15.9 Å². The van der Waals surface area contributed by atoms with Crippen molar-refractivity contribution in [1.82, 2.24) is 5.32 Å². The van der Waals surface area contributed by atoms with Gasteiger partial charge in [-0.3, -0.25) is 0 Å². The van der Waals surface area contributed by atoms with Gasteiger partial charge in [0, 0.05) is 11.6 Å². The lowest BCUT2D eigenvalue weighted by Gasteiger charge is -2.34. The summed E-state index contributed by atoms with van der Waals surface area (Å²) in [7, 11) is 5.33. The Balaban J connectivity index is 3.36. The lowest BCUT2D eigenvalue weighted by molar-refractivity contribution is 0.239. The maximum Gasteiger partial charge on any atom is 0.141 e. The Bertz CT molecular complexity index is 432. The molecule has 1 aromatic carbocycles. The van der Waals surface area contributed by atoms with E-state index in [4.69, 9.17) is 9.47 Å². The Hall–Kier alpha value is -0.740. The normalized spacial score (nSPS) is 13.2. The van der Waals surface area contributed by atoms with E-state index in [1.165, 1.54) is 0 Å². The Labute approximate surface area is 124 Å². The molecule has 19 heavy (non-hydrogen) atoms. The van der Waals surface area contributed by atoms with Crippen LogP contribution in [0.25, 0.3) is 0 Å². The van der Waals surface area contributed by atoms with Gasteiger partial charge in [0.1, 0.15) is 16.0 Å². The number of methoxy groups -OCH3 is 2. The Morgan fingerprint density at radius 3 is 2.32 bits per heavy atom. The summed E-state index contributed by atoms with van der Waals surface area (Å²) in [4.78, 5) is 0. The largest absolute Gasteiger partial charge is 0.495 e. The van der Waals surface area contributed by atoms with Crippen molar-refractivity contribution in [3.8, 4) is 11.5 Å². The van der Waals surface area contributed by atoms with E-state index >= 15 is 0 Å². The topological polar surface area (TPSA) is 30.5 Å². The molecule has 3 nitrogen and oxygen atoms in total. The summed E-state index contributed by atoms with van der Waals surface area (Å²) in [6.45, 7) is 6.72. The van der Waals surface area contributed by atoms with Crippen molar-refractivity contribution in [3.63, 3.8) is 0 Å². The third-order valence-corrected chi connectivity index (χ3v) is 4.56. The van der Waals surface area contributed by atoms with Crippen LogP contribution >= 0.6 is 15.9 Å². The molecule has 0 radical (unpaired) electrons. The van der Waals surface area contributed by atoms with E-state index in [1.807, 2.05) is 13.1 Å². The molecular weight excluding hydrogens is 306 g/mol. The van der Waals surface area contributed by atoms with E-state index in [2.05, 4.69) is 48.1 Å². The van der Waals surface area contributed by atoms with Gasteiger partial charge in [-0.05, 0) is 46.9 Å². The summed E-state index contributed by atoms with van der Waals surface area (Å²) in [5.41, 5.74) is 1.28. The Morgan fingerprint density at radius 2 is 1.89 bits per heavy atom. The number of hydrogen-bond acceptors (Lipinski definition) is 3. The molecule has 1 N–H and O–H groups in total. The van der Waals surface area contributed by atoms with Gasteiger partial charge in [-0.1, -0.05) is 20.8 Å². The van der Waals surface area contributed by atoms with Crippen molar-refractivity contribution in [2.45, 2.75) is 33.2 Å². The highest BCUT2D eigenvalue weighted by atomic mass is 79.9. The fourth-order valence-corrected chi connectivity index (χ4v) is 3.00. The molecule has 1 unspecified atom stereocenters. The average Bonchev–Trinajstić information content (AvgIpc) is 2.39. The fraction of sp³-hybridized carbons (Fsp3) is 0.600. The van der Waals surface area contributed by atoms with E-state index in [1.54, 1.807) is 14.2 Å². The minimum Gasteiger partial charge on any atom is -0.495 e. The minimum atomic E-state index is 0.135. The first-order chi connectivity index (χ1) is 8.92. The van der Waals surface area contributed by atoms with Crippen LogP contribution < -0.4 is 14.8 Å². The third kappa shape index (κ3) is 3.23. The maximum absolute atomic E-state index is 5.57. The van der Waals surface area contributed by atoms with Crippen molar-refractivity contribution < 1.29 is 9.47 Å². The van der Waals surface area contributed by atoms with Crippen LogP contribution in [0.3, 0.4) is 0 Å². The SMILES string of the molecule is CCC(C)(C)C(NC)c1ccc(OC)c(Br)c1OC. The molecule has 0 spiro atoms. The molecule has 0 aromatic heterocycles. The fourth-order valence-electron chi connectivity index (χ4n) is 2.32. The monoisotopic (exact) mass is 329 g/mol. The number of ether oxygens (including phenoxy) is 2. The average molecular weight is 330 g/mol. The number of halogens is 1. The second-order valence-corrected chi connectivity index (χ2v) is 6.06. The van der Waals surface area contributed by atoms with Crippen LogP contribution in [0.4, 0.5) is 0 Å². The predicted octanol–water partition coefficient (Wildman–Crippen LogP) is 4.16. The summed E-state index contributed by atoms with van der Waals surface area (Å²) in [5, 5.41) is 3.41. The van der Waals surface area contributed by atoms with Crippen LogP contribution in [-0.4, -0.2) is 21.3 Å². The molecule has 0 aliphatic rings. The lowest BCUT2D eigenvalue weighted by Crippen LogP contribution is -2.32. The summed E-state index contributed by atoms with van der Waals surface area (Å²) < 4.78 is 11.8. The Morgan fingerprint density at radius 1 is 1.26 bits per heavy atom. The molecule has 0 saturated carbocycles. The van der Waals surface area contributed by atoms with Crippen LogP contribution in [-0.2, 0) is 0 Å². The van der Waals surface area contributed by atoms with Gasteiger partial charge in [0.2, 0.25) is 0 Å².